The van der Waals surface area contributed by atoms with Crippen molar-refractivity contribution in [1.29, 1.82) is 0 Å². The van der Waals surface area contributed by atoms with Crippen LogP contribution < -0.4 is 45.5 Å². The molecule has 0 aliphatic carbocycles. The summed E-state index contributed by atoms with van der Waals surface area (Å²) in [4.78, 5) is 35.1. The molecule has 18 nitrogen and oxygen atoms in total. The van der Waals surface area contributed by atoms with Gasteiger partial charge in [-0.1, -0.05) is 11.8 Å². The van der Waals surface area contributed by atoms with Crippen LogP contribution in [0.3, 0.4) is 0 Å². The van der Waals surface area contributed by atoms with Crippen LogP contribution in [-0.4, -0.2) is 77.1 Å². The number of phosphoric ester groups is 1. The van der Waals surface area contributed by atoms with Crippen LogP contribution in [0, 0.1) is 10.1 Å². The number of nitro groups is 1. The summed E-state index contributed by atoms with van der Waals surface area (Å²) in [5.41, 5.74) is 7.01. The molecule has 2 aliphatic heterocycles. The number of nitrogen functional groups attached to an aromatic ring is 1. The number of benzene rings is 1. The molecule has 0 saturated carbocycles. The van der Waals surface area contributed by atoms with E-state index in [9.17, 15) is 24.7 Å². The number of anilines is 2. The van der Waals surface area contributed by atoms with E-state index < -0.39 is 37.3 Å². The summed E-state index contributed by atoms with van der Waals surface area (Å²) < 4.78 is 33.5. The van der Waals surface area contributed by atoms with Crippen LogP contribution in [0.2, 0.25) is 0 Å². The molecule has 2 saturated heterocycles. The van der Waals surface area contributed by atoms with Gasteiger partial charge >= 0.3 is 35.2 Å². The molecule has 5 atom stereocenters. The third kappa shape index (κ3) is 5.10. The van der Waals surface area contributed by atoms with E-state index in [1.165, 1.54) is 34.8 Å². The molecule has 4 N–H and O–H groups in total. The number of non-ortho nitro benzene ring substituents is 1. The molecule has 3 aromatic heterocycles. The summed E-state index contributed by atoms with van der Waals surface area (Å²) in [5, 5.41) is 32.9. The zero-order chi connectivity index (χ0) is 26.6. The maximum atomic E-state index is 11.8. The molecule has 21 heteroatoms. The number of hydrogen-bond acceptors (Lipinski definition) is 17. The normalized spacial score (nSPS) is 26.4. The molecule has 5 heterocycles. The van der Waals surface area contributed by atoms with E-state index in [0.29, 0.717) is 23.1 Å². The van der Waals surface area contributed by atoms with Crippen molar-refractivity contribution >= 4 is 59.0 Å². The number of nitrogens with two attached hydrogens (primary N) is 1. The number of nitrogens with one attached hydrogen (secondary N) is 1. The van der Waals surface area contributed by atoms with Crippen LogP contribution in [0.15, 0.2) is 28.2 Å². The van der Waals surface area contributed by atoms with Crippen molar-refractivity contribution in [2.45, 2.75) is 29.7 Å². The Kier molecular flexibility index (Phi) is 7.81. The fourth-order valence-electron chi connectivity index (χ4n) is 4.25. The maximum absolute atomic E-state index is 11.8. The molecule has 0 amide bonds. The minimum Gasteiger partial charge on any atom is -0.756 e. The second-order valence-corrected chi connectivity index (χ2v) is 10.6. The smallest absolute Gasteiger partial charge is 0.756 e. The molecule has 4 aromatic rings. The summed E-state index contributed by atoms with van der Waals surface area (Å²) in [5.74, 6) is 0.514. The zero-order valence-electron chi connectivity index (χ0n) is 19.9. The fourth-order valence-corrected chi connectivity index (χ4v) is 6.07. The topological polar surface area (TPSA) is 252 Å². The number of aliphatic hydroxyl groups is 1. The summed E-state index contributed by atoms with van der Waals surface area (Å²) >= 11 is 1.26. The first kappa shape index (κ1) is 28.1. The third-order valence-corrected chi connectivity index (χ3v) is 7.85. The van der Waals surface area contributed by atoms with E-state index in [4.69, 9.17) is 19.5 Å². The van der Waals surface area contributed by atoms with Gasteiger partial charge in [0.15, 0.2) is 33.9 Å². The Hall–Kier alpha value is -2.45. The van der Waals surface area contributed by atoms with Gasteiger partial charge in [-0.2, -0.15) is 0 Å². The maximum Gasteiger partial charge on any atom is 1.00 e. The minimum atomic E-state index is -4.57. The SMILES string of the molecule is Nc1ncnc2c1nc(SCCNc1ccc([N+](=O)[O-])c3nonc13)n2[C@@H]1O[C@@H]2COP(=O)([O-])O[C@H]2[C@H]1O.[Na+]. The van der Waals surface area contributed by atoms with Gasteiger partial charge in [0.05, 0.1) is 17.2 Å². The second kappa shape index (κ2) is 10.8. The number of ether oxygens (including phenoxy) is 1. The van der Waals surface area contributed by atoms with Crippen molar-refractivity contribution in [3.8, 4) is 0 Å². The Morgan fingerprint density at radius 3 is 2.87 bits per heavy atom. The molecule has 39 heavy (non-hydrogen) atoms. The number of rotatable bonds is 7. The Bertz CT molecular complexity index is 1610. The van der Waals surface area contributed by atoms with Gasteiger partial charge in [0.1, 0.15) is 24.6 Å². The zero-order valence-corrected chi connectivity index (χ0v) is 23.7. The summed E-state index contributed by atoms with van der Waals surface area (Å²) in [6, 6.07) is 2.80. The number of fused-ring (bicyclic) bond motifs is 3. The first-order valence-corrected chi connectivity index (χ1v) is 13.4. The number of imidazole rings is 1. The van der Waals surface area contributed by atoms with Gasteiger partial charge in [0.2, 0.25) is 5.52 Å². The van der Waals surface area contributed by atoms with E-state index in [1.54, 1.807) is 0 Å². The Morgan fingerprint density at radius 1 is 1.28 bits per heavy atom. The van der Waals surface area contributed by atoms with Crippen molar-refractivity contribution in [3.05, 3.63) is 28.6 Å². The van der Waals surface area contributed by atoms with Crippen molar-refractivity contribution in [2.75, 3.05) is 30.0 Å². The van der Waals surface area contributed by atoms with Crippen molar-refractivity contribution in [3.63, 3.8) is 0 Å². The standard InChI is InChI=1S/C18H18N9O9PS.Na/c19-15-12-16(22-6-21-15)26(17-13(28)14-9(34-17)5-33-37(31,32)35-14)18(23-12)38-4-3-20-7-1-2-8(27(29)30)11-10(7)24-36-25-11;/h1-2,6,9,13-14,17,20,28H,3-5H2,(H,31,32)(H2,19,21,22);/q;+1/p-1/t9-,13-,14-,17-;/m1./s1. The molecule has 0 spiro atoms. The van der Waals surface area contributed by atoms with Gasteiger partial charge in [-0.3, -0.25) is 19.2 Å². The molecular weight excluding hydrogens is 572 g/mol. The third-order valence-electron chi connectivity index (χ3n) is 5.92. The number of nitrogens with zero attached hydrogens (tertiary/aromatic N) is 7. The molecule has 0 radical (unpaired) electrons. The summed E-state index contributed by atoms with van der Waals surface area (Å²) in [7, 11) is -4.57. The Morgan fingerprint density at radius 2 is 2.08 bits per heavy atom. The predicted molar refractivity (Wildman–Crippen MR) is 126 cm³/mol. The van der Waals surface area contributed by atoms with Crippen LogP contribution in [0.4, 0.5) is 17.2 Å². The van der Waals surface area contributed by atoms with Crippen LogP contribution in [0.25, 0.3) is 22.2 Å². The number of nitro benzene ring substituents is 1. The molecule has 1 unspecified atom stereocenters. The van der Waals surface area contributed by atoms with Crippen LogP contribution >= 0.6 is 19.6 Å². The average Bonchev–Trinajstić information content (AvgIpc) is 3.58. The van der Waals surface area contributed by atoms with Gasteiger partial charge < -0.3 is 34.8 Å². The van der Waals surface area contributed by atoms with Gasteiger partial charge in [0.25, 0.3) is 7.82 Å². The van der Waals surface area contributed by atoms with E-state index in [2.05, 4.69) is 35.2 Å². The molecule has 2 fully saturated rings. The molecule has 2 aliphatic rings. The van der Waals surface area contributed by atoms with Crippen molar-refractivity contribution in [1.82, 2.24) is 29.8 Å². The van der Waals surface area contributed by atoms with Crippen molar-refractivity contribution < 1.29 is 67.5 Å². The first-order valence-electron chi connectivity index (χ1n) is 11.0. The van der Waals surface area contributed by atoms with Crippen LogP contribution in [0.5, 0.6) is 0 Å². The molecule has 200 valence electrons. The van der Waals surface area contributed by atoms with Crippen LogP contribution in [-0.2, 0) is 18.3 Å². The fraction of sp³-hybridized carbons (Fsp3) is 0.389. The Labute approximate surface area is 243 Å². The molecular formula is C18H17N9NaO9PS. The molecule has 6 rings (SSSR count). The second-order valence-electron chi connectivity index (χ2n) is 8.19. The number of hydrogen-bond donors (Lipinski definition) is 3. The minimum absolute atomic E-state index is 0. The van der Waals surface area contributed by atoms with Gasteiger partial charge in [0, 0.05) is 18.4 Å². The Balaban J connectivity index is 0.00000308. The largest absolute Gasteiger partial charge is 1.00 e. The van der Waals surface area contributed by atoms with E-state index in [1.807, 2.05) is 0 Å². The number of phosphoric acid groups is 1. The van der Waals surface area contributed by atoms with E-state index in [0.717, 1.165) is 0 Å². The number of thioether (sulfide) groups is 1. The summed E-state index contributed by atoms with van der Waals surface area (Å²) in [6.07, 6.45) is -3.27. The quantitative estimate of drug-likeness (QED) is 0.0491. The van der Waals surface area contributed by atoms with Gasteiger partial charge in [-0.25, -0.2) is 19.6 Å². The average molecular weight is 589 g/mol. The van der Waals surface area contributed by atoms with E-state index >= 15 is 0 Å². The number of aliphatic hydroxyl groups excluding tert-OH is 1. The summed E-state index contributed by atoms with van der Waals surface area (Å²) in [6.45, 7) is 0.0419. The molecule has 0 bridgehead atoms. The monoisotopic (exact) mass is 589 g/mol. The van der Waals surface area contributed by atoms with E-state index in [-0.39, 0.29) is 69.9 Å². The predicted octanol–water partition coefficient (Wildman–Crippen LogP) is -2.80. The van der Waals surface area contributed by atoms with Crippen molar-refractivity contribution in [2.24, 2.45) is 0 Å². The molecule has 1 aromatic carbocycles. The first-order chi connectivity index (χ1) is 18.2. The number of aromatic nitrogens is 6. The van der Waals surface area contributed by atoms with Crippen LogP contribution in [0.1, 0.15) is 6.23 Å². The van der Waals surface area contributed by atoms with Gasteiger partial charge in [-0.15, -0.1) is 0 Å². The van der Waals surface area contributed by atoms with Gasteiger partial charge in [-0.05, 0) is 16.4 Å².